The lowest BCUT2D eigenvalue weighted by Gasteiger charge is -2.17. The van der Waals surface area contributed by atoms with Gasteiger partial charge in [-0.3, -0.25) is 0 Å². The van der Waals surface area contributed by atoms with E-state index in [4.69, 9.17) is 22.4 Å². The van der Waals surface area contributed by atoms with Crippen molar-refractivity contribution in [1.82, 2.24) is 0 Å². The van der Waals surface area contributed by atoms with Crippen molar-refractivity contribution in [2.45, 2.75) is 25.9 Å². The smallest absolute Gasteiger partial charge is 0.333 e. The molecular formula is C11H14ClNO3. The number of carbonyl (C=O) groups is 1. The molecule has 0 heterocycles. The van der Waals surface area contributed by atoms with Gasteiger partial charge in [0.2, 0.25) is 0 Å². The van der Waals surface area contributed by atoms with Crippen molar-refractivity contribution in [1.29, 1.82) is 0 Å². The SMILES string of the molecule is Cc1cc(C(C)C(O)C(=O)O)cc(Cl)c1N. The number of benzene rings is 1. The van der Waals surface area contributed by atoms with Gasteiger partial charge in [0.15, 0.2) is 6.10 Å². The standard InChI is InChI=1S/C11H14ClNO3/c1-5-3-7(4-8(12)9(5)13)6(2)10(14)11(15)16/h3-4,6,10,14H,13H2,1-2H3,(H,15,16). The highest BCUT2D eigenvalue weighted by Crippen LogP contribution is 2.29. The topological polar surface area (TPSA) is 83.5 Å². The van der Waals surface area contributed by atoms with Crippen LogP contribution in [0.15, 0.2) is 12.1 Å². The summed E-state index contributed by atoms with van der Waals surface area (Å²) in [6.07, 6.45) is -1.45. The minimum Gasteiger partial charge on any atom is -0.479 e. The van der Waals surface area contributed by atoms with Crippen LogP contribution in [0.5, 0.6) is 0 Å². The zero-order valence-electron chi connectivity index (χ0n) is 9.07. The Hall–Kier alpha value is -1.26. The third-order valence-corrected chi connectivity index (χ3v) is 2.92. The van der Waals surface area contributed by atoms with E-state index in [9.17, 15) is 9.90 Å². The first-order chi connectivity index (χ1) is 7.34. The number of carboxylic acid groups (broad SMARTS) is 1. The van der Waals surface area contributed by atoms with Gasteiger partial charge in [-0.1, -0.05) is 24.6 Å². The van der Waals surface area contributed by atoms with Gasteiger partial charge in [-0.25, -0.2) is 4.79 Å². The summed E-state index contributed by atoms with van der Waals surface area (Å²) in [7, 11) is 0. The van der Waals surface area contributed by atoms with E-state index in [1.165, 1.54) is 0 Å². The van der Waals surface area contributed by atoms with Gasteiger partial charge in [-0.2, -0.15) is 0 Å². The molecule has 0 fully saturated rings. The van der Waals surface area contributed by atoms with E-state index in [-0.39, 0.29) is 0 Å². The van der Waals surface area contributed by atoms with Crippen molar-refractivity contribution in [3.05, 3.63) is 28.3 Å². The molecule has 0 aliphatic carbocycles. The fourth-order valence-electron chi connectivity index (χ4n) is 1.44. The summed E-state index contributed by atoms with van der Waals surface area (Å²) in [6, 6.07) is 3.32. The Bertz CT molecular complexity index is 397. The van der Waals surface area contributed by atoms with Crippen LogP contribution in [0.4, 0.5) is 5.69 Å². The molecule has 0 saturated carbocycles. The first kappa shape index (κ1) is 12.8. The van der Waals surface area contributed by atoms with Crippen LogP contribution in [-0.4, -0.2) is 22.3 Å². The molecule has 0 amide bonds. The van der Waals surface area contributed by atoms with Gasteiger partial charge in [-0.05, 0) is 24.1 Å². The summed E-state index contributed by atoms with van der Waals surface area (Å²) in [5.74, 6) is -1.78. The number of aliphatic carboxylic acids is 1. The van der Waals surface area contributed by atoms with Crippen LogP contribution in [0.1, 0.15) is 24.0 Å². The molecule has 5 heteroatoms. The fourth-order valence-corrected chi connectivity index (χ4v) is 1.72. The molecular weight excluding hydrogens is 230 g/mol. The Labute approximate surface area is 98.6 Å². The molecule has 1 aromatic carbocycles. The van der Waals surface area contributed by atoms with E-state index in [2.05, 4.69) is 0 Å². The highest BCUT2D eigenvalue weighted by molar-refractivity contribution is 6.33. The van der Waals surface area contributed by atoms with Crippen LogP contribution >= 0.6 is 11.6 Å². The Morgan fingerprint density at radius 3 is 2.50 bits per heavy atom. The number of halogens is 1. The third-order valence-electron chi connectivity index (χ3n) is 2.61. The average molecular weight is 244 g/mol. The Morgan fingerprint density at radius 1 is 1.50 bits per heavy atom. The molecule has 0 saturated heterocycles. The minimum absolute atomic E-state index is 0.374. The molecule has 4 nitrogen and oxygen atoms in total. The molecule has 4 N–H and O–H groups in total. The van der Waals surface area contributed by atoms with Crippen molar-refractivity contribution >= 4 is 23.3 Å². The number of hydrogen-bond donors (Lipinski definition) is 3. The average Bonchev–Trinajstić information content (AvgIpc) is 2.22. The molecule has 16 heavy (non-hydrogen) atoms. The molecule has 0 aromatic heterocycles. The molecule has 0 spiro atoms. The maximum atomic E-state index is 10.6. The molecule has 1 aromatic rings. The van der Waals surface area contributed by atoms with Crippen LogP contribution in [0.25, 0.3) is 0 Å². The lowest BCUT2D eigenvalue weighted by Crippen LogP contribution is -2.25. The van der Waals surface area contributed by atoms with Crippen LogP contribution in [0.2, 0.25) is 5.02 Å². The van der Waals surface area contributed by atoms with Gasteiger partial charge in [0.05, 0.1) is 10.7 Å². The Kier molecular flexibility index (Phi) is 3.78. The van der Waals surface area contributed by atoms with Gasteiger partial charge in [0, 0.05) is 5.92 Å². The van der Waals surface area contributed by atoms with Crippen molar-refractivity contribution in [2.75, 3.05) is 5.73 Å². The molecule has 0 aliphatic heterocycles. The summed E-state index contributed by atoms with van der Waals surface area (Å²) < 4.78 is 0. The van der Waals surface area contributed by atoms with E-state index in [1.807, 2.05) is 0 Å². The highest BCUT2D eigenvalue weighted by atomic mass is 35.5. The number of anilines is 1. The predicted octanol–water partition coefficient (Wildman–Crippen LogP) is 1.78. The Morgan fingerprint density at radius 2 is 2.06 bits per heavy atom. The first-order valence-corrected chi connectivity index (χ1v) is 5.18. The number of aryl methyl sites for hydroxylation is 1. The number of aliphatic hydroxyl groups is 1. The Balaban J connectivity index is 3.10. The largest absolute Gasteiger partial charge is 0.479 e. The van der Waals surface area contributed by atoms with Crippen molar-refractivity contribution in [3.8, 4) is 0 Å². The van der Waals surface area contributed by atoms with Crippen LogP contribution in [0.3, 0.4) is 0 Å². The lowest BCUT2D eigenvalue weighted by atomic mass is 9.93. The number of nitrogen functional groups attached to an aromatic ring is 1. The summed E-state index contributed by atoms with van der Waals surface area (Å²) >= 11 is 5.89. The monoisotopic (exact) mass is 243 g/mol. The van der Waals surface area contributed by atoms with Crippen molar-refractivity contribution < 1.29 is 15.0 Å². The predicted molar refractivity (Wildman–Crippen MR) is 62.7 cm³/mol. The molecule has 2 unspecified atom stereocenters. The lowest BCUT2D eigenvalue weighted by molar-refractivity contribution is -0.147. The van der Waals surface area contributed by atoms with Crippen LogP contribution in [-0.2, 0) is 4.79 Å². The minimum atomic E-state index is -1.45. The zero-order chi connectivity index (χ0) is 12.5. The maximum Gasteiger partial charge on any atom is 0.333 e. The van der Waals surface area contributed by atoms with E-state index in [0.717, 1.165) is 5.56 Å². The molecule has 0 radical (unpaired) electrons. The van der Waals surface area contributed by atoms with Crippen LogP contribution in [0, 0.1) is 6.92 Å². The number of hydrogen-bond acceptors (Lipinski definition) is 3. The number of carboxylic acids is 1. The summed E-state index contributed by atoms with van der Waals surface area (Å²) in [4.78, 5) is 10.6. The van der Waals surface area contributed by atoms with E-state index in [1.54, 1.807) is 26.0 Å². The molecule has 2 atom stereocenters. The van der Waals surface area contributed by atoms with Gasteiger partial charge >= 0.3 is 5.97 Å². The second-order valence-corrected chi connectivity index (χ2v) is 4.21. The van der Waals surface area contributed by atoms with Gasteiger partial charge in [-0.15, -0.1) is 0 Å². The summed E-state index contributed by atoms with van der Waals surface area (Å²) in [5, 5.41) is 18.5. The van der Waals surface area contributed by atoms with Gasteiger partial charge in [0.1, 0.15) is 0 Å². The zero-order valence-corrected chi connectivity index (χ0v) is 9.82. The van der Waals surface area contributed by atoms with Gasteiger partial charge in [0.25, 0.3) is 0 Å². The molecule has 0 bridgehead atoms. The number of rotatable bonds is 3. The fraction of sp³-hybridized carbons (Fsp3) is 0.364. The molecule has 88 valence electrons. The normalized spacial score (nSPS) is 14.5. The second-order valence-electron chi connectivity index (χ2n) is 3.81. The van der Waals surface area contributed by atoms with Crippen molar-refractivity contribution in [3.63, 3.8) is 0 Å². The third kappa shape index (κ3) is 2.46. The van der Waals surface area contributed by atoms with Crippen molar-refractivity contribution in [2.24, 2.45) is 0 Å². The summed E-state index contributed by atoms with van der Waals surface area (Å²) in [5.41, 5.74) is 7.58. The molecule has 1 rings (SSSR count). The van der Waals surface area contributed by atoms with E-state index in [0.29, 0.717) is 16.3 Å². The van der Waals surface area contributed by atoms with Crippen LogP contribution < -0.4 is 5.73 Å². The number of nitrogens with two attached hydrogens (primary N) is 1. The van der Waals surface area contributed by atoms with Gasteiger partial charge < -0.3 is 15.9 Å². The quantitative estimate of drug-likeness (QED) is 0.707. The highest BCUT2D eigenvalue weighted by Gasteiger charge is 2.23. The maximum absolute atomic E-state index is 10.6. The summed E-state index contributed by atoms with van der Waals surface area (Å²) in [6.45, 7) is 3.41. The molecule has 0 aliphatic rings. The second kappa shape index (κ2) is 4.72. The number of aliphatic hydroxyl groups excluding tert-OH is 1. The van der Waals surface area contributed by atoms with E-state index < -0.39 is 18.0 Å². The van der Waals surface area contributed by atoms with E-state index >= 15 is 0 Å². The first-order valence-electron chi connectivity index (χ1n) is 4.81.